The van der Waals surface area contributed by atoms with Gasteiger partial charge in [-0.3, -0.25) is 9.59 Å². The fraction of sp³-hybridized carbons (Fsp3) is 0.250. The van der Waals surface area contributed by atoms with Gasteiger partial charge in [0, 0.05) is 26.3 Å². The summed E-state index contributed by atoms with van der Waals surface area (Å²) in [6, 6.07) is 10.9. The molecule has 9 heteroatoms. The molecule has 7 nitrogen and oxygen atoms in total. The van der Waals surface area contributed by atoms with Crippen LogP contribution in [0, 0.1) is 32.9 Å². The van der Waals surface area contributed by atoms with Crippen molar-refractivity contribution < 1.29 is 23.9 Å². The molecule has 0 aliphatic carbocycles. The van der Waals surface area contributed by atoms with Crippen LogP contribution in [0.5, 0.6) is 0 Å². The number of halogens is 2. The molecule has 0 aliphatic rings. The van der Waals surface area contributed by atoms with Gasteiger partial charge in [0.2, 0.25) is 5.69 Å². The minimum Gasteiger partial charge on any atom is -0.616 e. The fourth-order valence-electron chi connectivity index (χ4n) is 2.48. The van der Waals surface area contributed by atoms with Crippen molar-refractivity contribution in [3.63, 3.8) is 0 Å². The lowest BCUT2D eigenvalue weighted by Crippen LogP contribution is -2.29. The quantitative estimate of drug-likeness (QED) is 0.119. The molecule has 0 aliphatic heterocycles. The standard InChI is InChI=1S/C12H12ClNO2.C8H7ClO.C4H7NO2/c1-7-5-4-6-10(13)11(7)12-14(15)8(2)9(3)16-12;1-6-3-2-4-8(9)7(6)5-10;1-3(5-7)4(2)6/h4-6H,1-3H3;2-5H,1H3;7H,1-2H3/b;;5-3+. The number of carbonyl (C=O) groups excluding carboxylic acids is 2. The highest BCUT2D eigenvalue weighted by Crippen LogP contribution is 2.30. The zero-order chi connectivity index (χ0) is 25.3. The van der Waals surface area contributed by atoms with Gasteiger partial charge in [-0.05, 0) is 44.0 Å². The fourth-order valence-corrected chi connectivity index (χ4v) is 3.04. The van der Waals surface area contributed by atoms with Crippen LogP contribution < -0.4 is 4.73 Å². The number of rotatable bonds is 3. The molecule has 3 rings (SSSR count). The van der Waals surface area contributed by atoms with Gasteiger partial charge in [-0.2, -0.15) is 0 Å². The third-order valence-corrected chi connectivity index (χ3v) is 5.38. The number of Topliss-reactive ketones (excluding diaryl/α,β-unsaturated/α-hetero) is 1. The summed E-state index contributed by atoms with van der Waals surface area (Å²) in [5.41, 5.74) is 3.79. The first-order chi connectivity index (χ1) is 15.5. The number of aldehydes is 1. The molecule has 0 saturated heterocycles. The zero-order valence-corrected chi connectivity index (χ0v) is 20.8. The molecule has 0 amide bonds. The van der Waals surface area contributed by atoms with E-state index in [1.165, 1.54) is 13.8 Å². The van der Waals surface area contributed by atoms with Crippen LogP contribution >= 0.6 is 23.2 Å². The Labute approximate surface area is 202 Å². The summed E-state index contributed by atoms with van der Waals surface area (Å²) in [6.45, 7) is 10.0. The van der Waals surface area contributed by atoms with Gasteiger partial charge in [-0.25, -0.2) is 0 Å². The first-order valence-corrected chi connectivity index (χ1v) is 10.6. The first-order valence-electron chi connectivity index (χ1n) is 9.81. The maximum Gasteiger partial charge on any atom is 0.394 e. The van der Waals surface area contributed by atoms with E-state index in [1.807, 2.05) is 38.1 Å². The molecule has 1 N–H and O–H groups in total. The van der Waals surface area contributed by atoms with Crippen LogP contribution in [0.3, 0.4) is 0 Å². The van der Waals surface area contributed by atoms with Gasteiger partial charge in [0.15, 0.2) is 17.8 Å². The zero-order valence-electron chi connectivity index (χ0n) is 19.3. The van der Waals surface area contributed by atoms with Crippen molar-refractivity contribution in [2.75, 3.05) is 0 Å². The lowest BCUT2D eigenvalue weighted by Gasteiger charge is -2.03. The van der Waals surface area contributed by atoms with E-state index in [9.17, 15) is 14.8 Å². The lowest BCUT2D eigenvalue weighted by molar-refractivity contribution is -0.602. The van der Waals surface area contributed by atoms with Gasteiger partial charge in [-0.15, -0.1) is 4.73 Å². The molecule has 0 unspecified atom stereocenters. The molecule has 0 spiro atoms. The number of carbonyl (C=O) groups is 2. The van der Waals surface area contributed by atoms with Crippen LogP contribution in [0.15, 0.2) is 46.0 Å². The van der Waals surface area contributed by atoms with Crippen LogP contribution in [-0.4, -0.2) is 23.0 Å². The van der Waals surface area contributed by atoms with E-state index in [1.54, 1.807) is 26.0 Å². The average Bonchev–Trinajstić information content (AvgIpc) is 3.01. The number of benzene rings is 2. The summed E-state index contributed by atoms with van der Waals surface area (Å²) in [5.74, 6) is 0.671. The van der Waals surface area contributed by atoms with Crippen LogP contribution in [0.25, 0.3) is 11.5 Å². The highest BCUT2D eigenvalue weighted by atomic mass is 35.5. The Kier molecular flexibility index (Phi) is 10.8. The number of oxazole rings is 1. The van der Waals surface area contributed by atoms with Crippen LogP contribution in [0.4, 0.5) is 0 Å². The van der Waals surface area contributed by atoms with E-state index >= 15 is 0 Å². The maximum atomic E-state index is 11.9. The molecule has 0 fully saturated rings. The summed E-state index contributed by atoms with van der Waals surface area (Å²) in [4.78, 5) is 20.4. The number of ketones is 1. The topological polar surface area (TPSA) is 107 Å². The van der Waals surface area contributed by atoms with E-state index in [-0.39, 0.29) is 17.4 Å². The molecule has 33 heavy (non-hydrogen) atoms. The van der Waals surface area contributed by atoms with Crippen molar-refractivity contribution in [1.29, 1.82) is 0 Å². The molecule has 2 aromatic carbocycles. The highest BCUT2D eigenvalue weighted by Gasteiger charge is 2.24. The summed E-state index contributed by atoms with van der Waals surface area (Å²) >= 11 is 11.8. The molecule has 0 atom stereocenters. The van der Waals surface area contributed by atoms with E-state index < -0.39 is 0 Å². The van der Waals surface area contributed by atoms with Crippen molar-refractivity contribution in [2.24, 2.45) is 5.16 Å². The van der Waals surface area contributed by atoms with Gasteiger partial charge < -0.3 is 14.8 Å². The number of hydrogen-bond donors (Lipinski definition) is 1. The summed E-state index contributed by atoms with van der Waals surface area (Å²) in [6.07, 6.45) is 0.775. The van der Waals surface area contributed by atoms with Crippen molar-refractivity contribution >= 4 is 41.0 Å². The van der Waals surface area contributed by atoms with Crippen molar-refractivity contribution in [3.8, 4) is 11.5 Å². The van der Waals surface area contributed by atoms with Gasteiger partial charge in [0.25, 0.3) is 0 Å². The van der Waals surface area contributed by atoms with Gasteiger partial charge >= 0.3 is 5.89 Å². The van der Waals surface area contributed by atoms with Crippen molar-refractivity contribution in [1.82, 2.24) is 0 Å². The van der Waals surface area contributed by atoms with Gasteiger partial charge in [-0.1, -0.05) is 52.6 Å². The number of hydrogen-bond acceptors (Lipinski definition) is 6. The SMILES string of the molecule is CC(=O)/C(C)=N/O.Cc1cccc(Cl)c1-c1oc(C)c(C)[n+]1[O-].Cc1cccc(Cl)c1C=O. The molecular weight excluding hydrogens is 467 g/mol. The molecule has 176 valence electrons. The molecule has 1 heterocycles. The Balaban J connectivity index is 0.000000275. The third-order valence-electron chi connectivity index (χ3n) is 4.73. The second kappa shape index (κ2) is 12.8. The predicted molar refractivity (Wildman–Crippen MR) is 129 cm³/mol. The van der Waals surface area contributed by atoms with E-state index in [0.717, 1.165) is 22.1 Å². The third kappa shape index (κ3) is 7.44. The molecular formula is C24H26Cl2N2O5. The Morgan fingerprint density at radius 3 is 1.91 bits per heavy atom. The van der Waals surface area contributed by atoms with E-state index in [0.29, 0.717) is 32.6 Å². The van der Waals surface area contributed by atoms with Crippen molar-refractivity contribution in [2.45, 2.75) is 41.5 Å². The summed E-state index contributed by atoms with van der Waals surface area (Å²) in [7, 11) is 0. The number of nitrogens with zero attached hydrogens (tertiary/aromatic N) is 2. The minimum atomic E-state index is -0.206. The van der Waals surface area contributed by atoms with Gasteiger partial charge in [0.1, 0.15) is 11.3 Å². The molecule has 3 aromatic rings. The molecule has 1 aromatic heterocycles. The Morgan fingerprint density at radius 1 is 1.03 bits per heavy atom. The highest BCUT2D eigenvalue weighted by molar-refractivity contribution is 6.37. The second-order valence-corrected chi connectivity index (χ2v) is 7.92. The normalized spacial score (nSPS) is 10.5. The number of aromatic nitrogens is 1. The predicted octanol–water partition coefficient (Wildman–Crippen LogP) is 6.05. The minimum absolute atomic E-state index is 0.139. The largest absolute Gasteiger partial charge is 0.616 e. The molecule has 0 radical (unpaired) electrons. The number of oxime groups is 1. The number of aryl methyl sites for hydroxylation is 3. The average molecular weight is 493 g/mol. The van der Waals surface area contributed by atoms with Crippen LogP contribution in [0.1, 0.15) is 46.8 Å². The van der Waals surface area contributed by atoms with Crippen molar-refractivity contribution in [3.05, 3.63) is 79.8 Å². The monoisotopic (exact) mass is 492 g/mol. The Morgan fingerprint density at radius 2 is 1.58 bits per heavy atom. The maximum absolute atomic E-state index is 11.9. The Hall–Kier alpha value is -3.16. The smallest absolute Gasteiger partial charge is 0.394 e. The molecule has 0 saturated carbocycles. The second-order valence-electron chi connectivity index (χ2n) is 7.10. The molecule has 0 bridgehead atoms. The summed E-state index contributed by atoms with van der Waals surface area (Å²) < 4.78 is 6.24. The Bertz CT molecular complexity index is 1130. The summed E-state index contributed by atoms with van der Waals surface area (Å²) in [5, 5.41) is 23.4. The lowest BCUT2D eigenvalue weighted by atomic mass is 10.1. The van der Waals surface area contributed by atoms with Gasteiger partial charge in [0.05, 0.1) is 10.0 Å². The first kappa shape index (κ1) is 27.9. The van der Waals surface area contributed by atoms with E-state index in [4.69, 9.17) is 32.8 Å². The van der Waals surface area contributed by atoms with Crippen LogP contribution in [0.2, 0.25) is 10.0 Å². The van der Waals surface area contributed by atoms with E-state index in [2.05, 4.69) is 5.16 Å². The van der Waals surface area contributed by atoms with Crippen LogP contribution in [-0.2, 0) is 4.79 Å².